The van der Waals surface area contributed by atoms with Crippen molar-refractivity contribution in [2.24, 2.45) is 0 Å². The van der Waals surface area contributed by atoms with Crippen molar-refractivity contribution in [1.82, 2.24) is 10.3 Å². The van der Waals surface area contributed by atoms with E-state index in [0.29, 0.717) is 12.6 Å². The number of oxazole rings is 1. The van der Waals surface area contributed by atoms with E-state index in [1.807, 2.05) is 6.20 Å². The lowest BCUT2D eigenvalue weighted by Crippen LogP contribution is -2.19. The SMILES string of the molecule is CCc1cnc(CNC(CC)c2cccs2)o1. The Bertz CT molecular complexity index is 436. The molecule has 2 heterocycles. The van der Waals surface area contributed by atoms with Crippen molar-refractivity contribution >= 4 is 11.3 Å². The molecule has 2 aromatic heterocycles. The molecule has 0 aliphatic rings. The summed E-state index contributed by atoms with van der Waals surface area (Å²) >= 11 is 1.79. The summed E-state index contributed by atoms with van der Waals surface area (Å²) in [5.41, 5.74) is 0. The molecular weight excluding hydrogens is 232 g/mol. The van der Waals surface area contributed by atoms with Gasteiger partial charge in [0.15, 0.2) is 0 Å². The van der Waals surface area contributed by atoms with Crippen molar-refractivity contribution in [3.05, 3.63) is 40.2 Å². The zero-order chi connectivity index (χ0) is 12.1. The van der Waals surface area contributed by atoms with E-state index in [-0.39, 0.29) is 0 Å². The predicted octanol–water partition coefficient (Wildman–Crippen LogP) is 3.54. The Morgan fingerprint density at radius 1 is 1.47 bits per heavy atom. The molecule has 0 spiro atoms. The summed E-state index contributed by atoms with van der Waals surface area (Å²) in [5.74, 6) is 1.72. The van der Waals surface area contributed by atoms with Crippen LogP contribution in [0.4, 0.5) is 0 Å². The predicted molar refractivity (Wildman–Crippen MR) is 70.1 cm³/mol. The topological polar surface area (TPSA) is 38.1 Å². The summed E-state index contributed by atoms with van der Waals surface area (Å²) in [6.07, 6.45) is 3.78. The normalized spacial score (nSPS) is 12.8. The van der Waals surface area contributed by atoms with Gasteiger partial charge >= 0.3 is 0 Å². The third kappa shape index (κ3) is 3.17. The van der Waals surface area contributed by atoms with E-state index in [1.165, 1.54) is 4.88 Å². The minimum absolute atomic E-state index is 0.395. The van der Waals surface area contributed by atoms with Crippen LogP contribution >= 0.6 is 11.3 Å². The largest absolute Gasteiger partial charge is 0.444 e. The van der Waals surface area contributed by atoms with E-state index in [4.69, 9.17) is 4.42 Å². The summed E-state index contributed by atoms with van der Waals surface area (Å²) in [4.78, 5) is 5.62. The molecule has 3 nitrogen and oxygen atoms in total. The summed E-state index contributed by atoms with van der Waals surface area (Å²) in [7, 11) is 0. The lowest BCUT2D eigenvalue weighted by atomic mass is 10.2. The van der Waals surface area contributed by atoms with Gasteiger partial charge in [-0.2, -0.15) is 0 Å². The number of thiophene rings is 1. The molecule has 92 valence electrons. The van der Waals surface area contributed by atoms with E-state index < -0.39 is 0 Å². The van der Waals surface area contributed by atoms with Crippen LogP contribution in [-0.2, 0) is 13.0 Å². The van der Waals surface area contributed by atoms with Crippen LogP contribution in [0.25, 0.3) is 0 Å². The molecule has 0 amide bonds. The Kier molecular flexibility index (Phi) is 4.34. The summed E-state index contributed by atoms with van der Waals surface area (Å²) in [6.45, 7) is 4.94. The zero-order valence-corrected chi connectivity index (χ0v) is 11.1. The molecule has 4 heteroatoms. The maximum Gasteiger partial charge on any atom is 0.208 e. The van der Waals surface area contributed by atoms with Gasteiger partial charge in [0.05, 0.1) is 12.7 Å². The van der Waals surface area contributed by atoms with E-state index in [1.54, 1.807) is 11.3 Å². The highest BCUT2D eigenvalue weighted by molar-refractivity contribution is 7.10. The number of hydrogen-bond acceptors (Lipinski definition) is 4. The second-order valence-electron chi connectivity index (χ2n) is 3.93. The fourth-order valence-electron chi connectivity index (χ4n) is 1.74. The van der Waals surface area contributed by atoms with Crippen LogP contribution in [0.15, 0.2) is 28.1 Å². The number of aryl methyl sites for hydroxylation is 1. The lowest BCUT2D eigenvalue weighted by Gasteiger charge is -2.13. The minimum atomic E-state index is 0.395. The molecular formula is C13H18N2OS. The minimum Gasteiger partial charge on any atom is -0.444 e. The molecule has 0 fully saturated rings. The van der Waals surface area contributed by atoms with Crippen molar-refractivity contribution in [3.8, 4) is 0 Å². The van der Waals surface area contributed by atoms with Crippen molar-refractivity contribution < 1.29 is 4.42 Å². The van der Waals surface area contributed by atoms with Crippen LogP contribution in [0, 0.1) is 0 Å². The van der Waals surface area contributed by atoms with Crippen molar-refractivity contribution in [1.29, 1.82) is 0 Å². The summed E-state index contributed by atoms with van der Waals surface area (Å²) < 4.78 is 5.57. The van der Waals surface area contributed by atoms with Crippen LogP contribution in [0.2, 0.25) is 0 Å². The van der Waals surface area contributed by atoms with Gasteiger partial charge in [-0.1, -0.05) is 19.9 Å². The van der Waals surface area contributed by atoms with Crippen LogP contribution in [0.5, 0.6) is 0 Å². The molecule has 0 aromatic carbocycles. The van der Waals surface area contributed by atoms with Gasteiger partial charge in [-0.3, -0.25) is 0 Å². The molecule has 0 saturated heterocycles. The maximum absolute atomic E-state index is 5.57. The van der Waals surface area contributed by atoms with E-state index >= 15 is 0 Å². The summed E-state index contributed by atoms with van der Waals surface area (Å²) in [5, 5.41) is 5.59. The zero-order valence-electron chi connectivity index (χ0n) is 10.3. The molecule has 1 atom stereocenters. The van der Waals surface area contributed by atoms with Gasteiger partial charge < -0.3 is 9.73 Å². The van der Waals surface area contributed by atoms with Gasteiger partial charge in [0, 0.05) is 17.3 Å². The first-order valence-electron chi connectivity index (χ1n) is 6.03. The van der Waals surface area contributed by atoms with Crippen molar-refractivity contribution in [2.45, 2.75) is 39.3 Å². The third-order valence-corrected chi connectivity index (χ3v) is 3.73. The molecule has 0 bridgehead atoms. The standard InChI is InChI=1S/C13H18N2OS/c1-3-10-8-15-13(16-10)9-14-11(4-2)12-6-5-7-17-12/h5-8,11,14H,3-4,9H2,1-2H3. The van der Waals surface area contributed by atoms with Gasteiger partial charge in [-0.05, 0) is 17.9 Å². The first-order valence-corrected chi connectivity index (χ1v) is 6.91. The third-order valence-electron chi connectivity index (χ3n) is 2.74. The summed E-state index contributed by atoms with van der Waals surface area (Å²) in [6, 6.07) is 4.65. The molecule has 2 aromatic rings. The highest BCUT2D eigenvalue weighted by Crippen LogP contribution is 2.22. The van der Waals surface area contributed by atoms with E-state index in [0.717, 1.165) is 24.5 Å². The van der Waals surface area contributed by atoms with Gasteiger partial charge in [0.25, 0.3) is 0 Å². The highest BCUT2D eigenvalue weighted by atomic mass is 32.1. The molecule has 2 rings (SSSR count). The Hall–Kier alpha value is -1.13. The average Bonchev–Trinajstić information content (AvgIpc) is 3.00. The van der Waals surface area contributed by atoms with Crippen molar-refractivity contribution in [3.63, 3.8) is 0 Å². The Balaban J connectivity index is 1.92. The number of aromatic nitrogens is 1. The van der Waals surface area contributed by atoms with E-state index in [9.17, 15) is 0 Å². The second kappa shape index (κ2) is 5.98. The number of rotatable bonds is 6. The smallest absolute Gasteiger partial charge is 0.208 e. The molecule has 0 radical (unpaired) electrons. The van der Waals surface area contributed by atoms with Crippen LogP contribution in [0.1, 0.15) is 42.8 Å². The first-order chi connectivity index (χ1) is 8.33. The highest BCUT2D eigenvalue weighted by Gasteiger charge is 2.11. The first kappa shape index (κ1) is 12.3. The van der Waals surface area contributed by atoms with Crippen molar-refractivity contribution in [2.75, 3.05) is 0 Å². The molecule has 0 aliphatic heterocycles. The van der Waals surface area contributed by atoms with Crippen LogP contribution in [-0.4, -0.2) is 4.98 Å². The van der Waals surface area contributed by atoms with E-state index in [2.05, 4.69) is 41.7 Å². The molecule has 17 heavy (non-hydrogen) atoms. The average molecular weight is 250 g/mol. The number of nitrogens with zero attached hydrogens (tertiary/aromatic N) is 1. The fraction of sp³-hybridized carbons (Fsp3) is 0.462. The Morgan fingerprint density at radius 3 is 2.94 bits per heavy atom. The second-order valence-corrected chi connectivity index (χ2v) is 4.91. The maximum atomic E-state index is 5.57. The molecule has 1 unspecified atom stereocenters. The van der Waals surface area contributed by atoms with Crippen LogP contribution < -0.4 is 5.32 Å². The van der Waals surface area contributed by atoms with Gasteiger partial charge in [-0.15, -0.1) is 11.3 Å². The molecule has 0 saturated carbocycles. The molecule has 1 N–H and O–H groups in total. The lowest BCUT2D eigenvalue weighted by molar-refractivity contribution is 0.415. The quantitative estimate of drug-likeness (QED) is 0.852. The molecule has 0 aliphatic carbocycles. The Morgan fingerprint density at radius 2 is 2.35 bits per heavy atom. The van der Waals surface area contributed by atoms with Gasteiger partial charge in [0.1, 0.15) is 5.76 Å². The Labute approximate surface area is 106 Å². The monoisotopic (exact) mass is 250 g/mol. The van der Waals surface area contributed by atoms with Gasteiger partial charge in [0.2, 0.25) is 5.89 Å². The van der Waals surface area contributed by atoms with Crippen LogP contribution in [0.3, 0.4) is 0 Å². The number of hydrogen-bond donors (Lipinski definition) is 1. The number of nitrogens with one attached hydrogen (secondary N) is 1. The fourth-order valence-corrected chi connectivity index (χ4v) is 2.63. The van der Waals surface area contributed by atoms with Gasteiger partial charge in [-0.25, -0.2) is 4.98 Å².